The van der Waals surface area contributed by atoms with Crippen molar-refractivity contribution in [2.75, 3.05) is 32.1 Å². The predicted molar refractivity (Wildman–Crippen MR) is 71.3 cm³/mol. The standard InChI is InChI=1S/C12H19N3O3/c1-3-6-13-7-8-14-10-4-5-11(15(16)17)12(9-10)18-2/h4-5,9,13-14H,3,6-8H2,1-2H3. The third kappa shape index (κ3) is 4.21. The number of nitro benzene ring substituents is 1. The van der Waals surface area contributed by atoms with E-state index < -0.39 is 4.92 Å². The predicted octanol–water partition coefficient (Wildman–Crippen LogP) is 2.01. The summed E-state index contributed by atoms with van der Waals surface area (Å²) in [5, 5.41) is 17.2. The Balaban J connectivity index is 2.54. The maximum absolute atomic E-state index is 10.7. The maximum Gasteiger partial charge on any atom is 0.311 e. The summed E-state index contributed by atoms with van der Waals surface area (Å²) in [5.74, 6) is 0.270. The van der Waals surface area contributed by atoms with E-state index in [1.165, 1.54) is 13.2 Å². The summed E-state index contributed by atoms with van der Waals surface area (Å²) < 4.78 is 4.99. The highest BCUT2D eigenvalue weighted by Crippen LogP contribution is 2.29. The second-order valence-corrected chi connectivity index (χ2v) is 3.82. The molecule has 2 N–H and O–H groups in total. The zero-order chi connectivity index (χ0) is 13.4. The zero-order valence-corrected chi connectivity index (χ0v) is 10.7. The molecule has 6 heteroatoms. The topological polar surface area (TPSA) is 76.4 Å². The first-order valence-corrected chi connectivity index (χ1v) is 5.96. The van der Waals surface area contributed by atoms with Crippen molar-refractivity contribution in [2.24, 2.45) is 0 Å². The van der Waals surface area contributed by atoms with Crippen LogP contribution < -0.4 is 15.4 Å². The van der Waals surface area contributed by atoms with Crippen LogP contribution in [0.1, 0.15) is 13.3 Å². The second-order valence-electron chi connectivity index (χ2n) is 3.82. The Morgan fingerprint density at radius 1 is 1.33 bits per heavy atom. The van der Waals surface area contributed by atoms with E-state index in [9.17, 15) is 10.1 Å². The minimum atomic E-state index is -0.453. The summed E-state index contributed by atoms with van der Waals surface area (Å²) in [5.41, 5.74) is 0.794. The first kappa shape index (κ1) is 14.2. The van der Waals surface area contributed by atoms with Gasteiger partial charge in [-0.1, -0.05) is 6.92 Å². The van der Waals surface area contributed by atoms with Crippen LogP contribution in [0.4, 0.5) is 11.4 Å². The molecular formula is C12H19N3O3. The molecule has 0 aliphatic carbocycles. The lowest BCUT2D eigenvalue weighted by Gasteiger charge is -2.09. The molecule has 0 aliphatic heterocycles. The van der Waals surface area contributed by atoms with E-state index in [0.717, 1.165) is 31.7 Å². The van der Waals surface area contributed by atoms with Crippen LogP contribution in [-0.4, -0.2) is 31.7 Å². The highest BCUT2D eigenvalue weighted by molar-refractivity contribution is 5.57. The summed E-state index contributed by atoms with van der Waals surface area (Å²) in [6, 6.07) is 4.76. The number of rotatable bonds is 8. The summed E-state index contributed by atoms with van der Waals surface area (Å²) >= 11 is 0. The molecule has 0 aliphatic rings. The fourth-order valence-corrected chi connectivity index (χ4v) is 1.54. The Labute approximate surface area is 106 Å². The Bertz CT molecular complexity index is 396. The van der Waals surface area contributed by atoms with E-state index in [2.05, 4.69) is 17.6 Å². The number of nitrogens with zero attached hydrogens (tertiary/aromatic N) is 1. The smallest absolute Gasteiger partial charge is 0.311 e. The van der Waals surface area contributed by atoms with Crippen molar-refractivity contribution in [3.63, 3.8) is 0 Å². The van der Waals surface area contributed by atoms with Crippen LogP contribution in [0.15, 0.2) is 18.2 Å². The minimum Gasteiger partial charge on any atom is -0.490 e. The van der Waals surface area contributed by atoms with Crippen LogP contribution in [0.5, 0.6) is 5.75 Å². The molecular weight excluding hydrogens is 234 g/mol. The van der Waals surface area contributed by atoms with Gasteiger partial charge < -0.3 is 15.4 Å². The van der Waals surface area contributed by atoms with Gasteiger partial charge in [-0.2, -0.15) is 0 Å². The van der Waals surface area contributed by atoms with Gasteiger partial charge in [-0.25, -0.2) is 0 Å². The number of anilines is 1. The van der Waals surface area contributed by atoms with Crippen LogP contribution >= 0.6 is 0 Å². The molecule has 0 fully saturated rings. The summed E-state index contributed by atoms with van der Waals surface area (Å²) in [7, 11) is 1.43. The fourth-order valence-electron chi connectivity index (χ4n) is 1.54. The number of hydrogen-bond donors (Lipinski definition) is 2. The Morgan fingerprint density at radius 3 is 2.72 bits per heavy atom. The SMILES string of the molecule is CCCNCCNc1ccc([N+](=O)[O-])c(OC)c1. The monoisotopic (exact) mass is 253 g/mol. The minimum absolute atomic E-state index is 0.0212. The average molecular weight is 253 g/mol. The van der Waals surface area contributed by atoms with Crippen molar-refractivity contribution in [2.45, 2.75) is 13.3 Å². The number of benzene rings is 1. The molecule has 0 aromatic heterocycles. The van der Waals surface area contributed by atoms with Gasteiger partial charge >= 0.3 is 5.69 Å². The average Bonchev–Trinajstić information content (AvgIpc) is 2.38. The van der Waals surface area contributed by atoms with E-state index in [1.807, 2.05) is 0 Å². The van der Waals surface area contributed by atoms with Crippen molar-refractivity contribution in [1.29, 1.82) is 0 Å². The van der Waals surface area contributed by atoms with Crippen molar-refractivity contribution in [1.82, 2.24) is 5.32 Å². The molecule has 0 saturated carbocycles. The Morgan fingerprint density at radius 2 is 2.11 bits per heavy atom. The molecule has 0 heterocycles. The number of nitrogens with one attached hydrogen (secondary N) is 2. The van der Waals surface area contributed by atoms with Crippen molar-refractivity contribution < 1.29 is 9.66 Å². The van der Waals surface area contributed by atoms with E-state index in [1.54, 1.807) is 12.1 Å². The number of methoxy groups -OCH3 is 1. The van der Waals surface area contributed by atoms with Gasteiger partial charge in [0, 0.05) is 30.9 Å². The van der Waals surface area contributed by atoms with Crippen molar-refractivity contribution >= 4 is 11.4 Å². The lowest BCUT2D eigenvalue weighted by Crippen LogP contribution is -2.22. The van der Waals surface area contributed by atoms with Crippen LogP contribution in [0.2, 0.25) is 0 Å². The van der Waals surface area contributed by atoms with Gasteiger partial charge in [0.05, 0.1) is 12.0 Å². The molecule has 100 valence electrons. The number of nitro groups is 1. The van der Waals surface area contributed by atoms with Gasteiger partial charge in [-0.05, 0) is 19.0 Å². The molecule has 6 nitrogen and oxygen atoms in total. The van der Waals surface area contributed by atoms with Gasteiger partial charge in [0.25, 0.3) is 0 Å². The summed E-state index contributed by atoms with van der Waals surface area (Å²) in [6.07, 6.45) is 1.10. The van der Waals surface area contributed by atoms with Crippen LogP contribution in [0, 0.1) is 10.1 Å². The molecule has 0 atom stereocenters. The largest absolute Gasteiger partial charge is 0.490 e. The normalized spacial score (nSPS) is 10.1. The van der Waals surface area contributed by atoms with Crippen LogP contribution in [-0.2, 0) is 0 Å². The lowest BCUT2D eigenvalue weighted by molar-refractivity contribution is -0.385. The second kappa shape index (κ2) is 7.50. The molecule has 1 aromatic rings. The highest BCUT2D eigenvalue weighted by Gasteiger charge is 2.14. The van der Waals surface area contributed by atoms with E-state index in [0.29, 0.717) is 0 Å². The van der Waals surface area contributed by atoms with Crippen LogP contribution in [0.3, 0.4) is 0 Å². The van der Waals surface area contributed by atoms with Crippen molar-refractivity contribution in [3.05, 3.63) is 28.3 Å². The summed E-state index contributed by atoms with van der Waals surface area (Å²) in [4.78, 5) is 10.3. The molecule has 18 heavy (non-hydrogen) atoms. The Kier molecular flexibility index (Phi) is 5.93. The van der Waals surface area contributed by atoms with E-state index in [4.69, 9.17) is 4.74 Å². The van der Waals surface area contributed by atoms with Crippen molar-refractivity contribution in [3.8, 4) is 5.75 Å². The molecule has 0 saturated heterocycles. The quantitative estimate of drug-likeness (QED) is 0.421. The molecule has 0 amide bonds. The molecule has 0 spiro atoms. The van der Waals surface area contributed by atoms with Gasteiger partial charge in [0.2, 0.25) is 0 Å². The van der Waals surface area contributed by atoms with E-state index in [-0.39, 0.29) is 11.4 Å². The van der Waals surface area contributed by atoms with Crippen LogP contribution in [0.25, 0.3) is 0 Å². The molecule has 1 aromatic carbocycles. The Hall–Kier alpha value is -1.82. The third-order valence-corrected chi connectivity index (χ3v) is 2.43. The third-order valence-electron chi connectivity index (χ3n) is 2.43. The maximum atomic E-state index is 10.7. The molecule has 1 rings (SSSR count). The lowest BCUT2D eigenvalue weighted by atomic mass is 10.2. The van der Waals surface area contributed by atoms with Gasteiger partial charge in [-0.3, -0.25) is 10.1 Å². The first-order chi connectivity index (χ1) is 8.69. The van der Waals surface area contributed by atoms with E-state index >= 15 is 0 Å². The number of ether oxygens (including phenoxy) is 1. The van der Waals surface area contributed by atoms with Gasteiger partial charge in [0.15, 0.2) is 5.75 Å². The summed E-state index contributed by atoms with van der Waals surface area (Å²) in [6.45, 7) is 4.72. The van der Waals surface area contributed by atoms with Gasteiger partial charge in [-0.15, -0.1) is 0 Å². The highest BCUT2D eigenvalue weighted by atomic mass is 16.6. The molecule has 0 bridgehead atoms. The van der Waals surface area contributed by atoms with Gasteiger partial charge in [0.1, 0.15) is 0 Å². The number of hydrogen-bond acceptors (Lipinski definition) is 5. The fraction of sp³-hybridized carbons (Fsp3) is 0.500. The molecule has 0 unspecified atom stereocenters. The molecule has 0 radical (unpaired) electrons. The first-order valence-electron chi connectivity index (χ1n) is 5.96. The zero-order valence-electron chi connectivity index (χ0n) is 10.7.